The van der Waals surface area contributed by atoms with Gasteiger partial charge in [0, 0.05) is 26.2 Å². The summed E-state index contributed by atoms with van der Waals surface area (Å²) in [6, 6.07) is 10.7. The van der Waals surface area contributed by atoms with Gasteiger partial charge in [-0.2, -0.15) is 0 Å². The molecule has 2 aliphatic rings. The maximum absolute atomic E-state index is 5.68. The average Bonchev–Trinajstić information content (AvgIpc) is 3.46. The molecule has 1 N–H and O–H groups in total. The first-order valence-electron chi connectivity index (χ1n) is 9.22. The lowest BCUT2D eigenvalue weighted by molar-refractivity contribution is 0.131. The molecule has 4 nitrogen and oxygen atoms in total. The van der Waals surface area contributed by atoms with Crippen LogP contribution in [0.2, 0.25) is 0 Å². The van der Waals surface area contributed by atoms with Gasteiger partial charge in [-0.1, -0.05) is 36.4 Å². The van der Waals surface area contributed by atoms with Gasteiger partial charge in [-0.3, -0.25) is 4.99 Å². The van der Waals surface area contributed by atoms with Crippen molar-refractivity contribution in [1.29, 1.82) is 0 Å². The van der Waals surface area contributed by atoms with Crippen LogP contribution in [0.15, 0.2) is 41.4 Å². The SMILES string of the molecule is CCNC(=NCCOCC1CC1)N1CC=C(c2ccccc2)CC1. The zero-order valence-corrected chi connectivity index (χ0v) is 14.7. The molecular weight excluding hydrogens is 298 g/mol. The molecular formula is C20H29N3O. The minimum atomic E-state index is 0.727. The lowest BCUT2D eigenvalue weighted by Gasteiger charge is -2.29. The van der Waals surface area contributed by atoms with E-state index in [4.69, 9.17) is 9.73 Å². The normalized spacial score (nSPS) is 18.5. The lowest BCUT2D eigenvalue weighted by atomic mass is 10.00. The molecule has 0 saturated heterocycles. The van der Waals surface area contributed by atoms with Gasteiger partial charge < -0.3 is 15.0 Å². The van der Waals surface area contributed by atoms with Crippen molar-refractivity contribution in [2.75, 3.05) is 39.4 Å². The van der Waals surface area contributed by atoms with Gasteiger partial charge in [-0.05, 0) is 43.2 Å². The molecule has 0 amide bonds. The van der Waals surface area contributed by atoms with Crippen LogP contribution >= 0.6 is 0 Å². The summed E-state index contributed by atoms with van der Waals surface area (Å²) in [6.45, 7) is 7.32. The Morgan fingerprint density at radius 2 is 2.12 bits per heavy atom. The average molecular weight is 327 g/mol. The molecule has 3 rings (SSSR count). The smallest absolute Gasteiger partial charge is 0.194 e. The molecule has 0 bridgehead atoms. The van der Waals surface area contributed by atoms with Crippen LogP contribution in [-0.2, 0) is 4.74 Å². The molecule has 0 unspecified atom stereocenters. The monoisotopic (exact) mass is 327 g/mol. The predicted octanol–water partition coefficient (Wildman–Crippen LogP) is 3.17. The fourth-order valence-corrected chi connectivity index (χ4v) is 2.95. The second-order valence-electron chi connectivity index (χ2n) is 6.55. The van der Waals surface area contributed by atoms with Crippen molar-refractivity contribution >= 4 is 11.5 Å². The van der Waals surface area contributed by atoms with Crippen molar-refractivity contribution in [3.63, 3.8) is 0 Å². The molecule has 1 fully saturated rings. The van der Waals surface area contributed by atoms with Gasteiger partial charge in [0.2, 0.25) is 0 Å². The van der Waals surface area contributed by atoms with E-state index in [9.17, 15) is 0 Å². The van der Waals surface area contributed by atoms with Crippen molar-refractivity contribution < 1.29 is 4.74 Å². The highest BCUT2D eigenvalue weighted by molar-refractivity contribution is 5.81. The Bertz CT molecular complexity index is 564. The number of nitrogens with one attached hydrogen (secondary N) is 1. The summed E-state index contributed by atoms with van der Waals surface area (Å²) in [5.74, 6) is 1.83. The van der Waals surface area contributed by atoms with Crippen LogP contribution in [0.1, 0.15) is 31.7 Å². The van der Waals surface area contributed by atoms with E-state index in [1.807, 2.05) is 0 Å². The van der Waals surface area contributed by atoms with Crippen LogP contribution in [0.4, 0.5) is 0 Å². The lowest BCUT2D eigenvalue weighted by Crippen LogP contribution is -2.43. The summed E-state index contributed by atoms with van der Waals surface area (Å²) in [6.07, 6.45) is 6.08. The third-order valence-corrected chi connectivity index (χ3v) is 4.54. The topological polar surface area (TPSA) is 36.9 Å². The highest BCUT2D eigenvalue weighted by atomic mass is 16.5. The van der Waals surface area contributed by atoms with E-state index >= 15 is 0 Å². The third-order valence-electron chi connectivity index (χ3n) is 4.54. The van der Waals surface area contributed by atoms with Crippen molar-refractivity contribution in [3.05, 3.63) is 42.0 Å². The van der Waals surface area contributed by atoms with E-state index in [2.05, 4.69) is 53.5 Å². The molecule has 130 valence electrons. The molecule has 1 aliphatic heterocycles. The van der Waals surface area contributed by atoms with Gasteiger partial charge >= 0.3 is 0 Å². The van der Waals surface area contributed by atoms with Crippen LogP contribution in [0, 0.1) is 5.92 Å². The molecule has 1 aromatic rings. The maximum atomic E-state index is 5.68. The van der Waals surface area contributed by atoms with E-state index < -0.39 is 0 Å². The van der Waals surface area contributed by atoms with E-state index in [-0.39, 0.29) is 0 Å². The van der Waals surface area contributed by atoms with Gasteiger partial charge in [0.15, 0.2) is 5.96 Å². The van der Waals surface area contributed by atoms with Crippen LogP contribution in [0.25, 0.3) is 5.57 Å². The van der Waals surface area contributed by atoms with Crippen LogP contribution in [0.3, 0.4) is 0 Å². The molecule has 1 saturated carbocycles. The second-order valence-corrected chi connectivity index (χ2v) is 6.55. The van der Waals surface area contributed by atoms with Crippen molar-refractivity contribution in [3.8, 4) is 0 Å². The first kappa shape index (κ1) is 17.0. The van der Waals surface area contributed by atoms with Crippen molar-refractivity contribution in [2.45, 2.75) is 26.2 Å². The van der Waals surface area contributed by atoms with Gasteiger partial charge in [-0.15, -0.1) is 0 Å². The van der Waals surface area contributed by atoms with Gasteiger partial charge in [0.05, 0.1) is 13.2 Å². The minimum absolute atomic E-state index is 0.727. The summed E-state index contributed by atoms with van der Waals surface area (Å²) >= 11 is 0. The third kappa shape index (κ3) is 5.10. The first-order chi connectivity index (χ1) is 11.9. The Morgan fingerprint density at radius 3 is 2.79 bits per heavy atom. The van der Waals surface area contributed by atoms with Crippen LogP contribution in [0.5, 0.6) is 0 Å². The molecule has 1 aromatic carbocycles. The molecule has 0 radical (unpaired) electrons. The Morgan fingerprint density at radius 1 is 1.29 bits per heavy atom. The molecule has 0 spiro atoms. The number of hydrogen-bond donors (Lipinski definition) is 1. The fraction of sp³-hybridized carbons (Fsp3) is 0.550. The molecule has 0 aromatic heterocycles. The van der Waals surface area contributed by atoms with E-state index in [0.717, 1.165) is 57.7 Å². The summed E-state index contributed by atoms with van der Waals surface area (Å²) in [5, 5.41) is 3.41. The van der Waals surface area contributed by atoms with E-state index in [0.29, 0.717) is 0 Å². The number of nitrogens with zero attached hydrogens (tertiary/aromatic N) is 2. The Hall–Kier alpha value is -1.81. The largest absolute Gasteiger partial charge is 0.379 e. The Balaban J connectivity index is 1.51. The molecule has 1 aliphatic carbocycles. The number of rotatable bonds is 7. The highest BCUT2D eigenvalue weighted by Crippen LogP contribution is 2.28. The summed E-state index contributed by atoms with van der Waals surface area (Å²) < 4.78 is 5.68. The Kier molecular flexibility index (Phi) is 6.30. The van der Waals surface area contributed by atoms with Crippen LogP contribution < -0.4 is 5.32 Å². The number of aliphatic imine (C=N–C) groups is 1. The van der Waals surface area contributed by atoms with E-state index in [1.54, 1.807) is 0 Å². The zero-order valence-electron chi connectivity index (χ0n) is 14.7. The molecule has 4 heteroatoms. The van der Waals surface area contributed by atoms with Crippen molar-refractivity contribution in [1.82, 2.24) is 10.2 Å². The van der Waals surface area contributed by atoms with Gasteiger partial charge in [0.1, 0.15) is 0 Å². The number of ether oxygens (including phenoxy) is 1. The van der Waals surface area contributed by atoms with Gasteiger partial charge in [-0.25, -0.2) is 0 Å². The molecule has 0 atom stereocenters. The Labute approximate surface area is 145 Å². The number of guanidine groups is 1. The van der Waals surface area contributed by atoms with Gasteiger partial charge in [0.25, 0.3) is 0 Å². The summed E-state index contributed by atoms with van der Waals surface area (Å²) in [4.78, 5) is 7.06. The first-order valence-corrected chi connectivity index (χ1v) is 9.22. The second kappa shape index (κ2) is 8.88. The predicted molar refractivity (Wildman–Crippen MR) is 100 cm³/mol. The fourth-order valence-electron chi connectivity index (χ4n) is 2.95. The van der Waals surface area contributed by atoms with Crippen LogP contribution in [-0.4, -0.2) is 50.3 Å². The minimum Gasteiger partial charge on any atom is -0.379 e. The quantitative estimate of drug-likeness (QED) is 0.475. The summed E-state index contributed by atoms with van der Waals surface area (Å²) in [7, 11) is 0. The van der Waals surface area contributed by atoms with E-state index in [1.165, 1.54) is 24.0 Å². The van der Waals surface area contributed by atoms with Crippen molar-refractivity contribution in [2.24, 2.45) is 10.9 Å². The molecule has 1 heterocycles. The number of benzene rings is 1. The number of hydrogen-bond acceptors (Lipinski definition) is 2. The summed E-state index contributed by atoms with van der Waals surface area (Å²) in [5.41, 5.74) is 2.78. The standard InChI is InChI=1S/C20H29N3O/c1-2-21-20(22-12-15-24-16-17-8-9-17)23-13-10-19(11-14-23)18-6-4-3-5-7-18/h3-7,10,17H,2,8-9,11-16H2,1H3,(H,21,22). The zero-order chi connectivity index (χ0) is 16.6. The highest BCUT2D eigenvalue weighted by Gasteiger charge is 2.21. The maximum Gasteiger partial charge on any atom is 0.194 e. The molecule has 24 heavy (non-hydrogen) atoms.